The molecule has 0 saturated carbocycles. The molecule has 2 aromatic carbocycles. The summed E-state index contributed by atoms with van der Waals surface area (Å²) in [6.07, 6.45) is 8.18. The van der Waals surface area contributed by atoms with Crippen LogP contribution in [-0.2, 0) is 12.0 Å². The van der Waals surface area contributed by atoms with Crippen LogP contribution in [0.15, 0.2) is 61.1 Å². The highest BCUT2D eigenvalue weighted by molar-refractivity contribution is 6.13. The molecule has 4 aromatic rings. The molecule has 3 heterocycles. The highest BCUT2D eigenvalue weighted by atomic mass is 16.3. The molecule has 0 radical (unpaired) electrons. The number of aliphatic hydroxyl groups is 1. The van der Waals surface area contributed by atoms with Gasteiger partial charge in [0, 0.05) is 35.3 Å². The molecule has 0 unspecified atom stereocenters. The summed E-state index contributed by atoms with van der Waals surface area (Å²) < 4.78 is 2.27. The Balaban J connectivity index is 1.57. The Kier molecular flexibility index (Phi) is 5.62. The van der Waals surface area contributed by atoms with Crippen LogP contribution in [0.4, 0.5) is 17.1 Å². The van der Waals surface area contributed by atoms with Gasteiger partial charge in [-0.1, -0.05) is 39.3 Å². The zero-order valence-corrected chi connectivity index (χ0v) is 19.9. The van der Waals surface area contributed by atoms with Gasteiger partial charge in [0.15, 0.2) is 0 Å². The van der Waals surface area contributed by atoms with Gasteiger partial charge in [-0.3, -0.25) is 9.78 Å². The summed E-state index contributed by atoms with van der Waals surface area (Å²) in [5, 5.41) is 17.4. The number of rotatable bonds is 6. The average molecular weight is 455 g/mol. The third-order valence-electron chi connectivity index (χ3n) is 6.73. The van der Waals surface area contributed by atoms with E-state index in [2.05, 4.69) is 45.4 Å². The lowest BCUT2D eigenvalue weighted by Crippen LogP contribution is -2.22. The van der Waals surface area contributed by atoms with E-state index in [1.165, 1.54) is 0 Å². The number of aliphatic hydroxyl groups excluding tert-OH is 1. The summed E-state index contributed by atoms with van der Waals surface area (Å²) in [6.45, 7) is 7.13. The molecule has 0 aliphatic carbocycles. The van der Waals surface area contributed by atoms with Gasteiger partial charge in [0.1, 0.15) is 0 Å². The largest absolute Gasteiger partial charge is 0.395 e. The van der Waals surface area contributed by atoms with Gasteiger partial charge in [-0.05, 0) is 47.9 Å². The van der Waals surface area contributed by atoms with Gasteiger partial charge in [-0.2, -0.15) is 0 Å². The Hall–Kier alpha value is -3.64. The molecule has 1 amide bonds. The number of unbranched alkanes of at least 4 members (excludes halogenated alkanes) is 1. The number of aromatic nitrogens is 2. The number of fused-ring (bicyclic) bond motifs is 3. The molecule has 174 valence electrons. The molecule has 6 nitrogen and oxygen atoms in total. The van der Waals surface area contributed by atoms with Crippen molar-refractivity contribution in [2.75, 3.05) is 17.2 Å². The fourth-order valence-electron chi connectivity index (χ4n) is 4.50. The normalized spacial score (nSPS) is 13.1. The van der Waals surface area contributed by atoms with E-state index in [1.807, 2.05) is 56.6 Å². The Bertz CT molecular complexity index is 1390. The van der Waals surface area contributed by atoms with Gasteiger partial charge in [-0.15, -0.1) is 0 Å². The molecular weight excluding hydrogens is 424 g/mol. The van der Waals surface area contributed by atoms with Crippen LogP contribution in [0.25, 0.3) is 22.0 Å². The molecule has 6 heteroatoms. The topological polar surface area (TPSA) is 79.2 Å². The SMILES string of the molecule is CCCCn1cc(-c2ccc3c(c2)Nc2ccc(C(C)(C)CO)cc2NC3=O)c2ccncc21. The van der Waals surface area contributed by atoms with Crippen LogP contribution >= 0.6 is 0 Å². The molecule has 2 aromatic heterocycles. The van der Waals surface area contributed by atoms with Crippen LogP contribution < -0.4 is 10.6 Å². The van der Waals surface area contributed by atoms with E-state index in [1.54, 1.807) is 0 Å². The van der Waals surface area contributed by atoms with Crippen LogP contribution in [-0.4, -0.2) is 27.2 Å². The quantitative estimate of drug-likeness (QED) is 0.330. The summed E-state index contributed by atoms with van der Waals surface area (Å²) in [7, 11) is 0. The van der Waals surface area contributed by atoms with E-state index in [4.69, 9.17) is 0 Å². The first-order chi connectivity index (χ1) is 16.4. The van der Waals surface area contributed by atoms with Gasteiger partial charge in [-0.25, -0.2) is 0 Å². The van der Waals surface area contributed by atoms with Gasteiger partial charge >= 0.3 is 0 Å². The number of anilines is 3. The Morgan fingerprint density at radius 2 is 1.85 bits per heavy atom. The first-order valence-corrected chi connectivity index (χ1v) is 11.8. The first kappa shape index (κ1) is 22.2. The maximum atomic E-state index is 13.1. The number of benzene rings is 2. The molecule has 0 fully saturated rings. The van der Waals surface area contributed by atoms with E-state index < -0.39 is 5.41 Å². The summed E-state index contributed by atoms with van der Waals surface area (Å²) >= 11 is 0. The predicted molar refractivity (Wildman–Crippen MR) is 138 cm³/mol. The number of nitrogens with one attached hydrogen (secondary N) is 2. The maximum absolute atomic E-state index is 13.1. The molecule has 0 bridgehead atoms. The number of hydrogen-bond acceptors (Lipinski definition) is 4. The van der Waals surface area contributed by atoms with Crippen molar-refractivity contribution in [3.8, 4) is 11.1 Å². The van der Waals surface area contributed by atoms with Gasteiger partial charge in [0.25, 0.3) is 5.91 Å². The van der Waals surface area contributed by atoms with Crippen molar-refractivity contribution < 1.29 is 9.90 Å². The smallest absolute Gasteiger partial charge is 0.257 e. The lowest BCUT2D eigenvalue weighted by Gasteiger charge is -2.23. The molecule has 5 rings (SSSR count). The number of hydrogen-bond donors (Lipinski definition) is 3. The third kappa shape index (κ3) is 3.84. The van der Waals surface area contributed by atoms with Crippen molar-refractivity contribution in [2.24, 2.45) is 0 Å². The Morgan fingerprint density at radius 3 is 2.65 bits per heavy atom. The highest BCUT2D eigenvalue weighted by Crippen LogP contribution is 2.38. The number of carbonyl (C=O) groups is 1. The highest BCUT2D eigenvalue weighted by Gasteiger charge is 2.24. The van der Waals surface area contributed by atoms with Crippen molar-refractivity contribution in [1.29, 1.82) is 0 Å². The molecule has 0 saturated heterocycles. The lowest BCUT2D eigenvalue weighted by atomic mass is 9.85. The van der Waals surface area contributed by atoms with E-state index >= 15 is 0 Å². The van der Waals surface area contributed by atoms with Crippen LogP contribution in [0.2, 0.25) is 0 Å². The van der Waals surface area contributed by atoms with Crippen molar-refractivity contribution >= 4 is 33.9 Å². The zero-order valence-electron chi connectivity index (χ0n) is 19.9. The molecule has 3 N–H and O–H groups in total. The summed E-state index contributed by atoms with van der Waals surface area (Å²) in [6, 6.07) is 13.9. The second-order valence-electron chi connectivity index (χ2n) is 9.62. The van der Waals surface area contributed by atoms with Gasteiger partial charge in [0.2, 0.25) is 0 Å². The molecule has 0 spiro atoms. The van der Waals surface area contributed by atoms with Crippen molar-refractivity contribution in [1.82, 2.24) is 9.55 Å². The first-order valence-electron chi connectivity index (χ1n) is 11.8. The molecule has 1 aliphatic rings. The zero-order chi connectivity index (χ0) is 23.9. The molecule has 0 atom stereocenters. The minimum Gasteiger partial charge on any atom is -0.395 e. The van der Waals surface area contributed by atoms with E-state index in [-0.39, 0.29) is 12.5 Å². The van der Waals surface area contributed by atoms with Crippen LogP contribution in [0.3, 0.4) is 0 Å². The summed E-state index contributed by atoms with van der Waals surface area (Å²) in [5.74, 6) is -0.152. The standard InChI is InChI=1S/C28H30N4O2/c1-4-5-12-32-16-22(20-10-11-29-15-26(20)32)18-6-8-21-24(13-18)30-23-9-7-19(28(2,3)17-33)14-25(23)31-27(21)34/h6-11,13-16,30,33H,4-5,12,17H2,1-3H3,(H,31,34). The maximum Gasteiger partial charge on any atom is 0.257 e. The van der Waals surface area contributed by atoms with Gasteiger partial charge in [0.05, 0.1) is 40.9 Å². The fraction of sp³-hybridized carbons (Fsp3) is 0.286. The van der Waals surface area contributed by atoms with E-state index in [0.717, 1.165) is 58.4 Å². The van der Waals surface area contributed by atoms with Crippen LogP contribution in [0.1, 0.15) is 49.5 Å². The van der Waals surface area contributed by atoms with Crippen molar-refractivity contribution in [2.45, 2.75) is 45.6 Å². The number of amides is 1. The Morgan fingerprint density at radius 1 is 1.00 bits per heavy atom. The summed E-state index contributed by atoms with van der Waals surface area (Å²) in [4.78, 5) is 17.4. The van der Waals surface area contributed by atoms with Gasteiger partial charge < -0.3 is 20.3 Å². The second-order valence-corrected chi connectivity index (χ2v) is 9.62. The Labute approximate surface area is 199 Å². The summed E-state index contributed by atoms with van der Waals surface area (Å²) in [5.41, 5.74) is 6.78. The van der Waals surface area contributed by atoms with Crippen LogP contribution in [0.5, 0.6) is 0 Å². The monoisotopic (exact) mass is 454 g/mol. The molecular formula is C28H30N4O2. The second kappa shape index (κ2) is 8.61. The number of aryl methyl sites for hydroxylation is 1. The molecule has 1 aliphatic heterocycles. The van der Waals surface area contributed by atoms with Crippen LogP contribution in [0, 0.1) is 0 Å². The average Bonchev–Trinajstić information content (AvgIpc) is 3.15. The third-order valence-corrected chi connectivity index (χ3v) is 6.73. The minimum absolute atomic E-state index is 0.0259. The minimum atomic E-state index is -0.396. The van der Waals surface area contributed by atoms with E-state index in [0.29, 0.717) is 11.3 Å². The fourth-order valence-corrected chi connectivity index (χ4v) is 4.50. The van der Waals surface area contributed by atoms with E-state index in [9.17, 15) is 9.90 Å². The lowest BCUT2D eigenvalue weighted by molar-refractivity contribution is 0.102. The molecule has 34 heavy (non-hydrogen) atoms. The number of pyridine rings is 1. The van der Waals surface area contributed by atoms with Crippen molar-refractivity contribution in [3.05, 3.63) is 72.2 Å². The van der Waals surface area contributed by atoms with Crippen molar-refractivity contribution in [3.63, 3.8) is 0 Å². The number of carbonyl (C=O) groups excluding carboxylic acids is 1. The number of nitrogens with zero attached hydrogens (tertiary/aromatic N) is 2. The predicted octanol–water partition coefficient (Wildman–Crippen LogP) is 6.08.